The van der Waals surface area contributed by atoms with Crippen molar-refractivity contribution in [3.63, 3.8) is 0 Å². The normalized spacial score (nSPS) is 11.5. The minimum atomic E-state index is -0.492. The highest BCUT2D eigenvalue weighted by Gasteiger charge is 2.17. The molecule has 2 aromatic rings. The molecule has 2 rings (SSSR count). The summed E-state index contributed by atoms with van der Waals surface area (Å²) in [4.78, 5) is 11.4. The molecule has 0 fully saturated rings. The molecule has 0 radical (unpaired) electrons. The van der Waals surface area contributed by atoms with Crippen LogP contribution in [0.5, 0.6) is 0 Å². The van der Waals surface area contributed by atoms with Crippen molar-refractivity contribution in [2.24, 2.45) is 0 Å². The number of rotatable bonds is 5. The fraction of sp³-hybridized carbons (Fsp3) is 0.455. The van der Waals surface area contributed by atoms with Gasteiger partial charge in [-0.05, 0) is 19.9 Å². The SMILES string of the molecule is CCOC(OCC)c1nc2c(Cl)nccc2[nH]1. The van der Waals surface area contributed by atoms with Crippen molar-refractivity contribution >= 4 is 22.6 Å². The van der Waals surface area contributed by atoms with Gasteiger partial charge in [0.15, 0.2) is 11.0 Å². The first-order valence-corrected chi connectivity index (χ1v) is 5.87. The Morgan fingerprint density at radius 2 is 2.06 bits per heavy atom. The Hall–Kier alpha value is -1.17. The standard InChI is InChI=1S/C11H14ClN3O2/c1-3-16-11(17-4-2)10-14-7-5-6-13-9(12)8(7)15-10/h5-6,11H,3-4H2,1-2H3,(H,14,15). The maximum atomic E-state index is 5.95. The Morgan fingerprint density at radius 1 is 1.35 bits per heavy atom. The molecular weight excluding hydrogens is 242 g/mol. The number of aromatic amines is 1. The number of nitrogens with one attached hydrogen (secondary N) is 1. The van der Waals surface area contributed by atoms with Crippen molar-refractivity contribution in [1.82, 2.24) is 15.0 Å². The van der Waals surface area contributed by atoms with Crippen molar-refractivity contribution in [2.75, 3.05) is 13.2 Å². The van der Waals surface area contributed by atoms with Crippen LogP contribution in [0.25, 0.3) is 11.0 Å². The monoisotopic (exact) mass is 255 g/mol. The Labute approximate surface area is 104 Å². The average Bonchev–Trinajstić information content (AvgIpc) is 2.74. The van der Waals surface area contributed by atoms with Crippen LogP contribution in [0.15, 0.2) is 12.3 Å². The molecule has 0 aromatic carbocycles. The third kappa shape index (κ3) is 2.57. The molecule has 0 amide bonds. The number of fused-ring (bicyclic) bond motifs is 1. The number of imidazole rings is 1. The van der Waals surface area contributed by atoms with Gasteiger partial charge in [0, 0.05) is 19.4 Å². The number of H-pyrrole nitrogens is 1. The van der Waals surface area contributed by atoms with Crippen molar-refractivity contribution in [1.29, 1.82) is 0 Å². The lowest BCUT2D eigenvalue weighted by molar-refractivity contribution is -0.144. The van der Waals surface area contributed by atoms with Gasteiger partial charge in [-0.3, -0.25) is 0 Å². The van der Waals surface area contributed by atoms with Crippen LogP contribution in [-0.2, 0) is 9.47 Å². The van der Waals surface area contributed by atoms with Crippen LogP contribution in [0.2, 0.25) is 5.15 Å². The number of aromatic nitrogens is 3. The van der Waals surface area contributed by atoms with Crippen molar-refractivity contribution < 1.29 is 9.47 Å². The summed E-state index contributed by atoms with van der Waals surface area (Å²) in [6.45, 7) is 4.91. The number of pyridine rings is 1. The van der Waals surface area contributed by atoms with E-state index >= 15 is 0 Å². The van der Waals surface area contributed by atoms with E-state index in [-0.39, 0.29) is 0 Å². The average molecular weight is 256 g/mol. The first-order chi connectivity index (χ1) is 8.26. The Morgan fingerprint density at radius 3 is 2.65 bits per heavy atom. The molecule has 0 bridgehead atoms. The predicted octanol–water partition coefficient (Wildman–Crippen LogP) is 2.68. The van der Waals surface area contributed by atoms with Gasteiger partial charge in [0.05, 0.1) is 5.52 Å². The third-order valence-corrected chi connectivity index (χ3v) is 2.51. The first kappa shape index (κ1) is 12.3. The maximum absolute atomic E-state index is 5.95. The Kier molecular flexibility index (Phi) is 3.93. The number of ether oxygens (including phenoxy) is 2. The summed E-state index contributed by atoms with van der Waals surface area (Å²) in [7, 11) is 0. The highest BCUT2D eigenvalue weighted by atomic mass is 35.5. The summed E-state index contributed by atoms with van der Waals surface area (Å²) in [5.41, 5.74) is 1.46. The van der Waals surface area contributed by atoms with Gasteiger partial charge in [-0.15, -0.1) is 0 Å². The van der Waals surface area contributed by atoms with E-state index in [2.05, 4.69) is 15.0 Å². The van der Waals surface area contributed by atoms with E-state index in [1.165, 1.54) is 0 Å². The zero-order valence-electron chi connectivity index (χ0n) is 9.74. The second kappa shape index (κ2) is 5.44. The van der Waals surface area contributed by atoms with Gasteiger partial charge in [0.1, 0.15) is 5.52 Å². The molecule has 2 aromatic heterocycles. The van der Waals surface area contributed by atoms with E-state index < -0.39 is 6.29 Å². The first-order valence-electron chi connectivity index (χ1n) is 5.49. The minimum Gasteiger partial charge on any atom is -0.346 e. The van der Waals surface area contributed by atoms with E-state index in [0.29, 0.717) is 29.7 Å². The lowest BCUT2D eigenvalue weighted by Crippen LogP contribution is -2.10. The van der Waals surface area contributed by atoms with Gasteiger partial charge in [-0.25, -0.2) is 9.97 Å². The molecule has 0 aliphatic rings. The summed E-state index contributed by atoms with van der Waals surface area (Å²) < 4.78 is 10.9. The molecule has 0 saturated heterocycles. The van der Waals surface area contributed by atoms with Gasteiger partial charge < -0.3 is 14.5 Å². The Bertz CT molecular complexity index is 494. The molecular formula is C11H14ClN3O2. The molecule has 0 saturated carbocycles. The maximum Gasteiger partial charge on any atom is 0.217 e. The highest BCUT2D eigenvalue weighted by Crippen LogP contribution is 2.23. The molecule has 0 aliphatic heterocycles. The molecule has 17 heavy (non-hydrogen) atoms. The highest BCUT2D eigenvalue weighted by molar-refractivity contribution is 6.33. The molecule has 92 valence electrons. The number of hydrogen-bond donors (Lipinski definition) is 1. The van der Waals surface area contributed by atoms with Crippen molar-refractivity contribution in [3.8, 4) is 0 Å². The second-order valence-corrected chi connectivity index (χ2v) is 3.72. The lowest BCUT2D eigenvalue weighted by atomic mass is 10.4. The van der Waals surface area contributed by atoms with Crippen molar-refractivity contribution in [2.45, 2.75) is 20.1 Å². The van der Waals surface area contributed by atoms with Gasteiger partial charge >= 0.3 is 0 Å². The molecule has 2 heterocycles. The molecule has 5 nitrogen and oxygen atoms in total. The van der Waals surface area contributed by atoms with Gasteiger partial charge in [-0.2, -0.15) is 0 Å². The Balaban J connectivity index is 2.36. The van der Waals surface area contributed by atoms with Crippen LogP contribution in [0.3, 0.4) is 0 Å². The summed E-state index contributed by atoms with van der Waals surface area (Å²) in [5, 5.41) is 0.372. The van der Waals surface area contributed by atoms with E-state index in [0.717, 1.165) is 5.52 Å². The summed E-state index contributed by atoms with van der Waals surface area (Å²) in [5.74, 6) is 0.610. The molecule has 0 spiro atoms. The smallest absolute Gasteiger partial charge is 0.217 e. The van der Waals surface area contributed by atoms with Crippen LogP contribution >= 0.6 is 11.6 Å². The summed E-state index contributed by atoms with van der Waals surface area (Å²) in [6.07, 6.45) is 1.14. The zero-order valence-corrected chi connectivity index (χ0v) is 10.5. The quantitative estimate of drug-likeness (QED) is 0.659. The predicted molar refractivity (Wildman–Crippen MR) is 64.9 cm³/mol. The van der Waals surface area contributed by atoms with E-state index in [9.17, 15) is 0 Å². The van der Waals surface area contributed by atoms with Crippen LogP contribution < -0.4 is 0 Å². The number of nitrogens with zero attached hydrogens (tertiary/aromatic N) is 2. The molecule has 6 heteroatoms. The van der Waals surface area contributed by atoms with Gasteiger partial charge in [-0.1, -0.05) is 11.6 Å². The van der Waals surface area contributed by atoms with Crippen molar-refractivity contribution in [3.05, 3.63) is 23.2 Å². The number of hydrogen-bond acceptors (Lipinski definition) is 4. The van der Waals surface area contributed by atoms with Gasteiger partial charge in [0.2, 0.25) is 6.29 Å². The summed E-state index contributed by atoms with van der Waals surface area (Å²) in [6, 6.07) is 1.81. The van der Waals surface area contributed by atoms with E-state index in [4.69, 9.17) is 21.1 Å². The molecule has 0 unspecified atom stereocenters. The fourth-order valence-electron chi connectivity index (χ4n) is 1.54. The second-order valence-electron chi connectivity index (χ2n) is 3.36. The topological polar surface area (TPSA) is 60.0 Å². The minimum absolute atomic E-state index is 0.372. The summed E-state index contributed by atoms with van der Waals surface area (Å²) >= 11 is 5.95. The van der Waals surface area contributed by atoms with E-state index in [1.54, 1.807) is 6.20 Å². The third-order valence-electron chi connectivity index (χ3n) is 2.23. The lowest BCUT2D eigenvalue weighted by Gasteiger charge is -2.13. The van der Waals surface area contributed by atoms with E-state index in [1.807, 2.05) is 19.9 Å². The largest absolute Gasteiger partial charge is 0.346 e. The molecule has 1 N–H and O–H groups in total. The van der Waals surface area contributed by atoms with Crippen LogP contribution in [0, 0.1) is 0 Å². The molecule has 0 aliphatic carbocycles. The molecule has 0 atom stereocenters. The van der Waals surface area contributed by atoms with Crippen LogP contribution in [0.4, 0.5) is 0 Å². The fourth-order valence-corrected chi connectivity index (χ4v) is 1.74. The van der Waals surface area contributed by atoms with Gasteiger partial charge in [0.25, 0.3) is 0 Å². The number of halogens is 1. The van der Waals surface area contributed by atoms with Crippen LogP contribution in [-0.4, -0.2) is 28.2 Å². The van der Waals surface area contributed by atoms with Crippen LogP contribution in [0.1, 0.15) is 26.0 Å². The zero-order chi connectivity index (χ0) is 12.3.